The van der Waals surface area contributed by atoms with E-state index in [9.17, 15) is 0 Å². The summed E-state index contributed by atoms with van der Waals surface area (Å²) in [6.45, 7) is 6.56. The van der Waals surface area contributed by atoms with E-state index in [-0.39, 0.29) is 0 Å². The van der Waals surface area contributed by atoms with E-state index in [1.54, 1.807) is 0 Å². The van der Waals surface area contributed by atoms with Gasteiger partial charge in [0.05, 0.1) is 0 Å². The molecule has 0 heteroatoms. The lowest BCUT2D eigenvalue weighted by Gasteiger charge is -2.18. The predicted molar refractivity (Wildman–Crippen MR) is 86.2 cm³/mol. The first-order valence-electron chi connectivity index (χ1n) is 7.38. The van der Waals surface area contributed by atoms with Crippen molar-refractivity contribution in [2.24, 2.45) is 0 Å². The van der Waals surface area contributed by atoms with Crippen LogP contribution in [0.1, 0.15) is 55.4 Å². The third-order valence-electron chi connectivity index (χ3n) is 3.60. The van der Waals surface area contributed by atoms with Crippen molar-refractivity contribution in [3.63, 3.8) is 0 Å². The van der Waals surface area contributed by atoms with Gasteiger partial charge in [0.2, 0.25) is 0 Å². The van der Waals surface area contributed by atoms with Gasteiger partial charge in [0.25, 0.3) is 0 Å². The molecule has 0 radical (unpaired) electrons. The standard InChI is InChI=1S/C19H24/c1-4-9-17-13-15(3)14-18(10-5-2)19(17)16-11-7-6-8-12-16/h4,6-7,9,11,13-14H,5,8,10,12H2,1-3H3/b9-4+. The highest BCUT2D eigenvalue weighted by molar-refractivity contribution is 5.78. The lowest BCUT2D eigenvalue weighted by atomic mass is 9.86. The van der Waals surface area contributed by atoms with Crippen molar-refractivity contribution in [3.8, 4) is 0 Å². The number of hydrogen-bond acceptors (Lipinski definition) is 0. The van der Waals surface area contributed by atoms with Crippen LogP contribution >= 0.6 is 0 Å². The lowest BCUT2D eigenvalue weighted by Crippen LogP contribution is -2.00. The molecule has 0 bridgehead atoms. The van der Waals surface area contributed by atoms with Gasteiger partial charge in [-0.15, -0.1) is 0 Å². The van der Waals surface area contributed by atoms with Crippen LogP contribution in [0.4, 0.5) is 0 Å². The van der Waals surface area contributed by atoms with E-state index in [1.165, 1.54) is 53.5 Å². The highest BCUT2D eigenvalue weighted by atomic mass is 14.2. The zero-order valence-corrected chi connectivity index (χ0v) is 12.4. The second-order valence-corrected chi connectivity index (χ2v) is 5.30. The molecular weight excluding hydrogens is 228 g/mol. The lowest BCUT2D eigenvalue weighted by molar-refractivity contribution is 0.912. The van der Waals surface area contributed by atoms with Crippen LogP contribution in [0, 0.1) is 6.92 Å². The zero-order chi connectivity index (χ0) is 13.7. The van der Waals surface area contributed by atoms with Crippen LogP contribution in [0.25, 0.3) is 11.6 Å². The molecule has 0 spiro atoms. The zero-order valence-electron chi connectivity index (χ0n) is 12.4. The molecule has 0 unspecified atom stereocenters. The van der Waals surface area contributed by atoms with Crippen molar-refractivity contribution >= 4 is 11.6 Å². The minimum atomic E-state index is 1.17. The minimum absolute atomic E-state index is 1.17. The highest BCUT2D eigenvalue weighted by Crippen LogP contribution is 2.32. The third-order valence-corrected chi connectivity index (χ3v) is 3.60. The van der Waals surface area contributed by atoms with Crippen molar-refractivity contribution in [2.45, 2.75) is 46.5 Å². The molecule has 100 valence electrons. The first-order chi connectivity index (χ1) is 9.26. The number of rotatable bonds is 4. The molecule has 19 heavy (non-hydrogen) atoms. The molecule has 0 heterocycles. The molecular formula is C19H24. The Bertz CT molecular complexity index is 527. The minimum Gasteiger partial charge on any atom is -0.0870 e. The summed E-state index contributed by atoms with van der Waals surface area (Å²) < 4.78 is 0. The van der Waals surface area contributed by atoms with E-state index in [4.69, 9.17) is 0 Å². The van der Waals surface area contributed by atoms with Crippen LogP contribution in [0.15, 0.2) is 36.4 Å². The van der Waals surface area contributed by atoms with E-state index >= 15 is 0 Å². The number of allylic oxidation sites excluding steroid dienone is 5. The number of hydrogen-bond donors (Lipinski definition) is 0. The molecule has 1 aromatic rings. The van der Waals surface area contributed by atoms with Crippen molar-refractivity contribution in [2.75, 3.05) is 0 Å². The molecule has 1 aliphatic carbocycles. The van der Waals surface area contributed by atoms with E-state index < -0.39 is 0 Å². The highest BCUT2D eigenvalue weighted by Gasteiger charge is 2.13. The van der Waals surface area contributed by atoms with Gasteiger partial charge < -0.3 is 0 Å². The third kappa shape index (κ3) is 3.26. The van der Waals surface area contributed by atoms with Crippen molar-refractivity contribution in [1.82, 2.24) is 0 Å². The maximum Gasteiger partial charge on any atom is -0.0120 e. The normalized spacial score (nSPS) is 15.0. The fraction of sp³-hybridized carbons (Fsp3) is 0.368. The molecule has 0 amide bonds. The molecule has 2 rings (SSSR count). The Hall–Kier alpha value is -1.56. The quantitative estimate of drug-likeness (QED) is 0.643. The van der Waals surface area contributed by atoms with E-state index in [1.807, 2.05) is 0 Å². The fourth-order valence-corrected chi connectivity index (χ4v) is 2.87. The van der Waals surface area contributed by atoms with Crippen molar-refractivity contribution in [1.29, 1.82) is 0 Å². The maximum atomic E-state index is 2.37. The Balaban J connectivity index is 2.59. The molecule has 0 saturated heterocycles. The summed E-state index contributed by atoms with van der Waals surface area (Å²) in [4.78, 5) is 0. The summed E-state index contributed by atoms with van der Waals surface area (Å²) in [5.74, 6) is 0. The van der Waals surface area contributed by atoms with Gasteiger partial charge >= 0.3 is 0 Å². The Labute approximate surface area is 117 Å². The second kappa shape index (κ2) is 6.56. The summed E-state index contributed by atoms with van der Waals surface area (Å²) in [7, 11) is 0. The summed E-state index contributed by atoms with van der Waals surface area (Å²) in [5.41, 5.74) is 7.24. The Morgan fingerprint density at radius 3 is 2.74 bits per heavy atom. The smallest absolute Gasteiger partial charge is 0.0120 e. The first-order valence-corrected chi connectivity index (χ1v) is 7.38. The Kier molecular flexibility index (Phi) is 4.79. The Morgan fingerprint density at radius 1 is 1.26 bits per heavy atom. The van der Waals surface area contributed by atoms with Crippen LogP contribution in [0.3, 0.4) is 0 Å². The van der Waals surface area contributed by atoms with Crippen LogP contribution < -0.4 is 0 Å². The Morgan fingerprint density at radius 2 is 2.11 bits per heavy atom. The van der Waals surface area contributed by atoms with Gasteiger partial charge in [0.15, 0.2) is 0 Å². The molecule has 0 N–H and O–H groups in total. The summed E-state index contributed by atoms with van der Waals surface area (Å²) >= 11 is 0. The molecule has 0 fully saturated rings. The van der Waals surface area contributed by atoms with Gasteiger partial charge in [-0.2, -0.15) is 0 Å². The molecule has 0 nitrogen and oxygen atoms in total. The van der Waals surface area contributed by atoms with Gasteiger partial charge in [0.1, 0.15) is 0 Å². The van der Waals surface area contributed by atoms with Crippen LogP contribution in [0.2, 0.25) is 0 Å². The maximum absolute atomic E-state index is 2.37. The van der Waals surface area contributed by atoms with Crippen molar-refractivity contribution < 1.29 is 0 Å². The van der Waals surface area contributed by atoms with Gasteiger partial charge in [-0.25, -0.2) is 0 Å². The van der Waals surface area contributed by atoms with Gasteiger partial charge in [-0.05, 0) is 55.4 Å². The van der Waals surface area contributed by atoms with Crippen LogP contribution in [-0.4, -0.2) is 0 Å². The molecule has 1 aromatic carbocycles. The number of aryl methyl sites for hydroxylation is 2. The molecule has 0 aromatic heterocycles. The van der Waals surface area contributed by atoms with Gasteiger partial charge in [-0.1, -0.05) is 61.4 Å². The molecule has 1 aliphatic rings. The van der Waals surface area contributed by atoms with Gasteiger partial charge in [-0.3, -0.25) is 0 Å². The monoisotopic (exact) mass is 252 g/mol. The van der Waals surface area contributed by atoms with Gasteiger partial charge in [0, 0.05) is 0 Å². The van der Waals surface area contributed by atoms with E-state index in [0.29, 0.717) is 0 Å². The van der Waals surface area contributed by atoms with Crippen LogP contribution in [0.5, 0.6) is 0 Å². The first kappa shape index (κ1) is 13.9. The molecule has 0 aliphatic heterocycles. The number of benzene rings is 1. The van der Waals surface area contributed by atoms with E-state index in [0.717, 1.165) is 0 Å². The molecule has 0 atom stereocenters. The fourth-order valence-electron chi connectivity index (χ4n) is 2.87. The topological polar surface area (TPSA) is 0 Å². The summed E-state index contributed by atoms with van der Waals surface area (Å²) in [5, 5.41) is 0. The van der Waals surface area contributed by atoms with E-state index in [2.05, 4.69) is 63.3 Å². The largest absolute Gasteiger partial charge is 0.0870 e. The summed E-state index contributed by atoms with van der Waals surface area (Å²) in [6.07, 6.45) is 15.9. The predicted octanol–water partition coefficient (Wildman–Crippen LogP) is 5.71. The average molecular weight is 252 g/mol. The second-order valence-electron chi connectivity index (χ2n) is 5.30. The summed E-state index contributed by atoms with van der Waals surface area (Å²) in [6, 6.07) is 4.68. The average Bonchev–Trinajstić information content (AvgIpc) is 2.40. The molecule has 0 saturated carbocycles. The van der Waals surface area contributed by atoms with Crippen molar-refractivity contribution in [3.05, 3.63) is 58.7 Å². The van der Waals surface area contributed by atoms with Crippen LogP contribution in [-0.2, 0) is 6.42 Å². The SMILES string of the molecule is C/C=C/c1cc(C)cc(CCC)c1C1=CC=CCC1.